The Morgan fingerprint density at radius 1 is 1.15 bits per heavy atom. The fraction of sp³-hybridized carbons (Fsp3) is 0.348. The highest BCUT2D eigenvalue weighted by atomic mass is 35.5. The number of nitrogens with one attached hydrogen (secondary N) is 1. The fourth-order valence-electron chi connectivity index (χ4n) is 4.06. The summed E-state index contributed by atoms with van der Waals surface area (Å²) in [5, 5.41) is 10.2. The van der Waals surface area contributed by atoms with Crippen LogP contribution in [0.4, 0.5) is 4.39 Å². The first-order valence-corrected chi connectivity index (χ1v) is 11.6. The molecule has 2 amide bonds. The van der Waals surface area contributed by atoms with Gasteiger partial charge in [-0.1, -0.05) is 36.2 Å². The third kappa shape index (κ3) is 4.55. The maximum Gasteiger partial charge on any atom is 0.272 e. The summed E-state index contributed by atoms with van der Waals surface area (Å²) in [6.07, 6.45) is 1.02. The van der Waals surface area contributed by atoms with Gasteiger partial charge in [0.2, 0.25) is 0 Å². The molecule has 4 rings (SSSR count). The number of fused-ring (bicyclic) bond motifs is 1. The average molecular weight is 509 g/mol. The molecule has 0 spiro atoms. The molecule has 1 fully saturated rings. The van der Waals surface area contributed by atoms with Crippen molar-refractivity contribution in [2.45, 2.75) is 25.9 Å². The van der Waals surface area contributed by atoms with E-state index < -0.39 is 17.8 Å². The number of aromatic nitrogens is 2. The molecule has 0 saturated carbocycles. The van der Waals surface area contributed by atoms with E-state index >= 15 is 0 Å². The summed E-state index contributed by atoms with van der Waals surface area (Å²) in [4.78, 5) is 42.9. The van der Waals surface area contributed by atoms with Crippen molar-refractivity contribution in [1.29, 1.82) is 0 Å². The van der Waals surface area contributed by atoms with E-state index in [9.17, 15) is 23.9 Å². The number of carbonyl (C=O) groups is 2. The molecule has 34 heavy (non-hydrogen) atoms. The van der Waals surface area contributed by atoms with Gasteiger partial charge in [-0.2, -0.15) is 0 Å². The molecule has 1 saturated heterocycles. The first-order chi connectivity index (χ1) is 16.2. The van der Waals surface area contributed by atoms with Crippen LogP contribution in [-0.4, -0.2) is 68.4 Å². The molecule has 1 aromatic carbocycles. The highest BCUT2D eigenvalue weighted by Gasteiger charge is 2.28. The third-order valence-electron chi connectivity index (χ3n) is 5.98. The van der Waals surface area contributed by atoms with Gasteiger partial charge in [-0.25, -0.2) is 4.39 Å². The van der Waals surface area contributed by atoms with Crippen LogP contribution in [0.2, 0.25) is 10.2 Å². The Labute approximate surface area is 204 Å². The number of aromatic amines is 1. The molecule has 0 bridgehead atoms. The maximum atomic E-state index is 14.6. The smallest absolute Gasteiger partial charge is 0.272 e. The lowest BCUT2D eigenvalue weighted by Crippen LogP contribution is -2.52. The van der Waals surface area contributed by atoms with E-state index in [0.717, 1.165) is 0 Å². The summed E-state index contributed by atoms with van der Waals surface area (Å²) in [7, 11) is 0. The second kappa shape index (κ2) is 9.77. The van der Waals surface area contributed by atoms with Crippen molar-refractivity contribution in [2.24, 2.45) is 0 Å². The van der Waals surface area contributed by atoms with E-state index in [1.165, 1.54) is 38.6 Å². The number of benzene rings is 1. The number of halogens is 3. The lowest BCUT2D eigenvalue weighted by atomic mass is 10.0. The Balaban J connectivity index is 1.54. The van der Waals surface area contributed by atoms with Crippen LogP contribution in [-0.2, 0) is 11.2 Å². The predicted octanol–water partition coefficient (Wildman–Crippen LogP) is 2.72. The Morgan fingerprint density at radius 2 is 1.82 bits per heavy atom. The van der Waals surface area contributed by atoms with Crippen LogP contribution in [0, 0.1) is 5.82 Å². The number of amides is 2. The van der Waals surface area contributed by atoms with E-state index in [0.29, 0.717) is 17.7 Å². The summed E-state index contributed by atoms with van der Waals surface area (Å²) < 4.78 is 16.1. The van der Waals surface area contributed by atoms with Crippen LogP contribution in [0.25, 0.3) is 5.52 Å². The highest BCUT2D eigenvalue weighted by molar-refractivity contribution is 6.42. The van der Waals surface area contributed by atoms with Crippen molar-refractivity contribution >= 4 is 40.5 Å². The molecular weight excluding hydrogens is 486 g/mol. The first kappa shape index (κ1) is 24.3. The lowest BCUT2D eigenvalue weighted by Gasteiger charge is -2.35. The van der Waals surface area contributed by atoms with Gasteiger partial charge in [0, 0.05) is 44.5 Å². The number of H-pyrrole nitrogens is 1. The summed E-state index contributed by atoms with van der Waals surface area (Å²) in [5.41, 5.74) is 1.10. The Kier molecular flexibility index (Phi) is 6.97. The van der Waals surface area contributed by atoms with Crippen LogP contribution in [0.1, 0.15) is 35.0 Å². The van der Waals surface area contributed by atoms with E-state index in [1.807, 2.05) is 0 Å². The van der Waals surface area contributed by atoms with Crippen molar-refractivity contribution in [3.05, 3.63) is 73.6 Å². The molecular formula is C23H23Cl2FN4O4. The van der Waals surface area contributed by atoms with Crippen LogP contribution >= 0.6 is 23.2 Å². The molecule has 180 valence electrons. The molecule has 3 heterocycles. The van der Waals surface area contributed by atoms with Crippen molar-refractivity contribution in [2.75, 3.05) is 26.2 Å². The zero-order valence-electron chi connectivity index (χ0n) is 18.4. The lowest BCUT2D eigenvalue weighted by molar-refractivity contribution is -0.141. The quantitative estimate of drug-likeness (QED) is 0.553. The highest BCUT2D eigenvalue weighted by Crippen LogP contribution is 2.27. The number of hydrogen-bond donors (Lipinski definition) is 2. The monoisotopic (exact) mass is 508 g/mol. The molecule has 1 atom stereocenters. The number of piperazine rings is 1. The summed E-state index contributed by atoms with van der Waals surface area (Å²) in [6.45, 7) is 2.73. The summed E-state index contributed by atoms with van der Waals surface area (Å²) >= 11 is 12.4. The summed E-state index contributed by atoms with van der Waals surface area (Å²) in [5.74, 6) is -1.49. The predicted molar refractivity (Wildman–Crippen MR) is 126 cm³/mol. The minimum atomic E-state index is -1.06. The summed E-state index contributed by atoms with van der Waals surface area (Å²) in [6, 6.07) is 5.74. The van der Waals surface area contributed by atoms with E-state index in [2.05, 4.69) is 4.98 Å². The standard InChI is InChI=1S/C23H23Cl2FN4O4/c1-2-19(31)23(34)29-7-5-28(6-8-29)22(33)15-10-13(3-4-17(15)26)9-14-12-27-21(32)18-11-16(24)20(25)30(14)18/h3-4,10-12,19,31H,2,5-9H2,1H3,(H,27,32)/t19-/m1/s1. The number of rotatable bonds is 5. The number of nitrogens with zero attached hydrogens (tertiary/aromatic N) is 3. The van der Waals surface area contributed by atoms with E-state index in [4.69, 9.17) is 23.2 Å². The van der Waals surface area contributed by atoms with Gasteiger partial charge in [0.25, 0.3) is 17.4 Å². The van der Waals surface area contributed by atoms with Gasteiger partial charge in [0.1, 0.15) is 22.6 Å². The van der Waals surface area contributed by atoms with Crippen molar-refractivity contribution in [3.8, 4) is 0 Å². The number of aliphatic hydroxyl groups is 1. The van der Waals surface area contributed by atoms with Gasteiger partial charge < -0.3 is 19.9 Å². The van der Waals surface area contributed by atoms with Crippen LogP contribution in [0.15, 0.2) is 35.3 Å². The second-order valence-electron chi connectivity index (χ2n) is 8.15. The van der Waals surface area contributed by atoms with Crippen molar-refractivity contribution in [3.63, 3.8) is 0 Å². The van der Waals surface area contributed by atoms with Gasteiger partial charge in [0.05, 0.1) is 10.6 Å². The number of hydrogen-bond acceptors (Lipinski definition) is 4. The zero-order valence-corrected chi connectivity index (χ0v) is 19.9. The molecule has 0 aliphatic carbocycles. The minimum absolute atomic E-state index is 0.0804. The van der Waals surface area contributed by atoms with Gasteiger partial charge in [0.15, 0.2) is 0 Å². The van der Waals surface area contributed by atoms with Gasteiger partial charge in [-0.3, -0.25) is 18.8 Å². The average Bonchev–Trinajstić information content (AvgIpc) is 3.15. The fourth-order valence-corrected chi connectivity index (χ4v) is 4.51. The van der Waals surface area contributed by atoms with E-state index in [1.54, 1.807) is 13.0 Å². The van der Waals surface area contributed by atoms with Gasteiger partial charge in [-0.05, 0) is 30.2 Å². The molecule has 0 radical (unpaired) electrons. The Bertz CT molecular complexity index is 1310. The Morgan fingerprint density at radius 3 is 2.50 bits per heavy atom. The normalized spacial score (nSPS) is 15.1. The maximum absolute atomic E-state index is 14.6. The topological polar surface area (TPSA) is 98.1 Å². The molecule has 2 aromatic heterocycles. The second-order valence-corrected chi connectivity index (χ2v) is 8.91. The molecule has 0 unspecified atom stereocenters. The third-order valence-corrected chi connectivity index (χ3v) is 6.74. The zero-order chi connectivity index (χ0) is 24.6. The Hall–Kier alpha value is -2.88. The SMILES string of the molecule is CC[C@@H](O)C(=O)N1CCN(C(=O)c2cc(Cc3c[nH]c(=O)c4cc(Cl)c(Cl)n34)ccc2F)CC1. The van der Waals surface area contributed by atoms with Gasteiger partial charge in [-0.15, -0.1) is 0 Å². The number of aliphatic hydroxyl groups excluding tert-OH is 1. The van der Waals surface area contributed by atoms with Gasteiger partial charge >= 0.3 is 0 Å². The molecule has 1 aliphatic rings. The minimum Gasteiger partial charge on any atom is -0.383 e. The van der Waals surface area contributed by atoms with Crippen LogP contribution in [0.5, 0.6) is 0 Å². The number of carbonyl (C=O) groups excluding carboxylic acids is 2. The first-order valence-electron chi connectivity index (χ1n) is 10.8. The van der Waals surface area contributed by atoms with Crippen molar-refractivity contribution < 1.29 is 19.1 Å². The molecule has 2 N–H and O–H groups in total. The largest absolute Gasteiger partial charge is 0.383 e. The van der Waals surface area contributed by atoms with E-state index in [-0.39, 0.29) is 65.3 Å². The van der Waals surface area contributed by atoms with Crippen molar-refractivity contribution in [1.82, 2.24) is 19.2 Å². The molecule has 8 nitrogen and oxygen atoms in total. The molecule has 11 heteroatoms. The van der Waals surface area contributed by atoms with Crippen LogP contribution < -0.4 is 5.56 Å². The molecule has 3 aromatic rings. The van der Waals surface area contributed by atoms with Crippen LogP contribution in [0.3, 0.4) is 0 Å². The molecule has 1 aliphatic heterocycles.